The lowest BCUT2D eigenvalue weighted by Gasteiger charge is -2.30. The van der Waals surface area contributed by atoms with E-state index in [-0.39, 0.29) is 5.91 Å². The van der Waals surface area contributed by atoms with Crippen LogP contribution in [-0.2, 0) is 4.79 Å². The van der Waals surface area contributed by atoms with E-state index in [9.17, 15) is 4.79 Å². The number of carbonyl (C=O) groups is 1. The van der Waals surface area contributed by atoms with Gasteiger partial charge in [-0.3, -0.25) is 4.79 Å². The topological polar surface area (TPSA) is 33.2 Å². The summed E-state index contributed by atoms with van der Waals surface area (Å²) in [7, 11) is 0. The van der Waals surface area contributed by atoms with Crippen LogP contribution in [-0.4, -0.2) is 28.9 Å². The molecule has 4 rings (SSSR count). The van der Waals surface area contributed by atoms with E-state index in [1.54, 1.807) is 28.7 Å². The zero-order chi connectivity index (χ0) is 17.2. The second-order valence-corrected chi connectivity index (χ2v) is 8.43. The molecule has 1 aliphatic heterocycles. The van der Waals surface area contributed by atoms with Crippen molar-refractivity contribution in [3.05, 3.63) is 57.2 Å². The highest BCUT2D eigenvalue weighted by Gasteiger charge is 2.25. The van der Waals surface area contributed by atoms with E-state index < -0.39 is 0 Å². The third-order valence-electron chi connectivity index (χ3n) is 4.75. The van der Waals surface area contributed by atoms with Gasteiger partial charge in [-0.05, 0) is 55.0 Å². The van der Waals surface area contributed by atoms with Gasteiger partial charge in [-0.25, -0.2) is 4.98 Å². The molecule has 128 valence electrons. The van der Waals surface area contributed by atoms with Crippen molar-refractivity contribution in [2.24, 2.45) is 0 Å². The van der Waals surface area contributed by atoms with Crippen molar-refractivity contribution in [1.82, 2.24) is 9.88 Å². The maximum absolute atomic E-state index is 12.4. The molecule has 1 saturated heterocycles. The lowest BCUT2D eigenvalue weighted by atomic mass is 9.97. The van der Waals surface area contributed by atoms with Gasteiger partial charge in [-0.1, -0.05) is 12.1 Å². The van der Waals surface area contributed by atoms with Gasteiger partial charge in [-0.2, -0.15) is 0 Å². The number of carbonyl (C=O) groups excluding carboxylic acids is 1. The fourth-order valence-corrected chi connectivity index (χ4v) is 5.17. The summed E-state index contributed by atoms with van der Waals surface area (Å²) in [5, 5.41) is 3.28. The van der Waals surface area contributed by atoms with Crippen LogP contribution in [0.4, 0.5) is 0 Å². The number of benzene rings is 1. The number of thiophene rings is 1. The second-order valence-electron chi connectivity index (χ2n) is 6.42. The molecule has 1 aromatic carbocycles. The summed E-state index contributed by atoms with van der Waals surface area (Å²) in [6, 6.07) is 10.4. The van der Waals surface area contributed by atoms with E-state index in [0.717, 1.165) is 36.3 Å². The van der Waals surface area contributed by atoms with Crippen molar-refractivity contribution in [1.29, 1.82) is 0 Å². The fraction of sp³-hybridized carbons (Fsp3) is 0.300. The van der Waals surface area contributed by atoms with Crippen molar-refractivity contribution in [2.75, 3.05) is 13.1 Å². The van der Waals surface area contributed by atoms with Gasteiger partial charge in [0.15, 0.2) is 0 Å². The molecule has 0 aliphatic carbocycles. The van der Waals surface area contributed by atoms with Crippen LogP contribution in [0.3, 0.4) is 0 Å². The average molecular weight is 369 g/mol. The number of aryl methyl sites for hydroxylation is 1. The first-order chi connectivity index (χ1) is 12.2. The smallest absolute Gasteiger partial charge is 0.246 e. The Bertz CT molecular complexity index is 884. The molecule has 2 aromatic heterocycles. The summed E-state index contributed by atoms with van der Waals surface area (Å²) in [6.07, 6.45) is 5.66. The molecule has 0 bridgehead atoms. The molecule has 0 spiro atoms. The molecule has 1 fully saturated rings. The lowest BCUT2D eigenvalue weighted by molar-refractivity contribution is -0.126. The van der Waals surface area contributed by atoms with Crippen LogP contribution in [0, 0.1) is 6.92 Å². The number of hydrogen-bond donors (Lipinski definition) is 0. The third-order valence-corrected chi connectivity index (χ3v) is 6.93. The van der Waals surface area contributed by atoms with E-state index in [4.69, 9.17) is 4.98 Å². The summed E-state index contributed by atoms with van der Waals surface area (Å²) < 4.78 is 1.25. The minimum absolute atomic E-state index is 0.121. The molecular weight excluding hydrogens is 348 g/mol. The molecule has 1 amide bonds. The maximum Gasteiger partial charge on any atom is 0.246 e. The van der Waals surface area contributed by atoms with E-state index in [1.807, 2.05) is 17.0 Å². The number of para-hydroxylation sites is 1. The number of likely N-dealkylation sites (tertiary alicyclic amines) is 1. The predicted molar refractivity (Wildman–Crippen MR) is 106 cm³/mol. The zero-order valence-corrected chi connectivity index (χ0v) is 15.8. The van der Waals surface area contributed by atoms with Gasteiger partial charge >= 0.3 is 0 Å². The quantitative estimate of drug-likeness (QED) is 0.604. The van der Waals surface area contributed by atoms with Gasteiger partial charge in [-0.15, -0.1) is 22.7 Å². The normalized spacial score (nSPS) is 16.1. The number of fused-ring (bicyclic) bond motifs is 1. The SMILES string of the molecule is Cc1ccsc1/C=C/C(=O)N1CCC(c2nc3ccccc3s2)CC1. The van der Waals surface area contributed by atoms with Crippen LogP contribution >= 0.6 is 22.7 Å². The Hall–Kier alpha value is -1.98. The van der Waals surface area contributed by atoms with Crippen molar-refractivity contribution in [3.8, 4) is 0 Å². The first-order valence-electron chi connectivity index (χ1n) is 8.57. The first-order valence-corrected chi connectivity index (χ1v) is 10.3. The Morgan fingerprint density at radius 3 is 2.76 bits per heavy atom. The molecular formula is C20H20N2OS2. The Balaban J connectivity index is 1.38. The van der Waals surface area contributed by atoms with Crippen molar-refractivity contribution in [3.63, 3.8) is 0 Å². The van der Waals surface area contributed by atoms with Crippen LogP contribution in [0.25, 0.3) is 16.3 Å². The molecule has 0 unspecified atom stereocenters. The second kappa shape index (κ2) is 7.10. The number of amides is 1. The highest BCUT2D eigenvalue weighted by molar-refractivity contribution is 7.18. The minimum atomic E-state index is 0.121. The van der Waals surface area contributed by atoms with Crippen molar-refractivity contribution in [2.45, 2.75) is 25.7 Å². The summed E-state index contributed by atoms with van der Waals surface area (Å²) in [6.45, 7) is 3.70. The molecule has 1 aliphatic rings. The highest BCUT2D eigenvalue weighted by Crippen LogP contribution is 2.33. The number of hydrogen-bond acceptors (Lipinski definition) is 4. The first kappa shape index (κ1) is 16.5. The Morgan fingerprint density at radius 1 is 1.24 bits per heavy atom. The Morgan fingerprint density at radius 2 is 2.04 bits per heavy atom. The lowest BCUT2D eigenvalue weighted by Crippen LogP contribution is -2.36. The Labute approximate surface area is 155 Å². The Kier molecular flexibility index (Phi) is 4.68. The molecule has 25 heavy (non-hydrogen) atoms. The van der Waals surface area contributed by atoms with E-state index in [0.29, 0.717) is 5.92 Å². The van der Waals surface area contributed by atoms with Crippen LogP contribution in [0.2, 0.25) is 0 Å². The fourth-order valence-electron chi connectivity index (χ4n) is 3.22. The molecule has 3 aromatic rings. The molecule has 3 heterocycles. The molecule has 0 radical (unpaired) electrons. The summed E-state index contributed by atoms with van der Waals surface area (Å²) in [5.41, 5.74) is 2.32. The number of aromatic nitrogens is 1. The number of piperidine rings is 1. The van der Waals surface area contributed by atoms with Gasteiger partial charge in [0.25, 0.3) is 0 Å². The standard InChI is InChI=1S/C20H20N2OS2/c1-14-10-13-24-17(14)6-7-19(23)22-11-8-15(9-12-22)20-21-16-4-2-3-5-18(16)25-20/h2-7,10,13,15H,8-9,11-12H2,1H3/b7-6+. The van der Waals surface area contributed by atoms with Crippen LogP contribution in [0.1, 0.15) is 34.2 Å². The number of nitrogens with zero attached hydrogens (tertiary/aromatic N) is 2. The summed E-state index contributed by atoms with van der Waals surface area (Å²) in [4.78, 5) is 20.3. The van der Waals surface area contributed by atoms with Gasteiger partial charge in [0.1, 0.15) is 0 Å². The van der Waals surface area contributed by atoms with Gasteiger partial charge in [0, 0.05) is 30.0 Å². The number of rotatable bonds is 3. The molecule has 0 atom stereocenters. The van der Waals surface area contributed by atoms with Crippen LogP contribution in [0.15, 0.2) is 41.8 Å². The van der Waals surface area contributed by atoms with Crippen LogP contribution in [0.5, 0.6) is 0 Å². The zero-order valence-electron chi connectivity index (χ0n) is 14.1. The van der Waals surface area contributed by atoms with Gasteiger partial charge < -0.3 is 4.90 Å². The minimum Gasteiger partial charge on any atom is -0.339 e. The third kappa shape index (κ3) is 3.53. The van der Waals surface area contributed by atoms with Crippen molar-refractivity contribution >= 4 is 44.9 Å². The van der Waals surface area contributed by atoms with Gasteiger partial charge in [0.2, 0.25) is 5.91 Å². The highest BCUT2D eigenvalue weighted by atomic mass is 32.1. The molecule has 5 heteroatoms. The van der Waals surface area contributed by atoms with Crippen molar-refractivity contribution < 1.29 is 4.79 Å². The van der Waals surface area contributed by atoms with E-state index in [2.05, 4.69) is 36.6 Å². The van der Waals surface area contributed by atoms with E-state index >= 15 is 0 Å². The predicted octanol–water partition coefficient (Wildman–Crippen LogP) is 5.09. The maximum atomic E-state index is 12.4. The van der Waals surface area contributed by atoms with Crippen LogP contribution < -0.4 is 0 Å². The molecule has 3 nitrogen and oxygen atoms in total. The van der Waals surface area contributed by atoms with Gasteiger partial charge in [0.05, 0.1) is 15.2 Å². The number of thiazole rings is 1. The largest absolute Gasteiger partial charge is 0.339 e. The average Bonchev–Trinajstić information content (AvgIpc) is 3.25. The monoisotopic (exact) mass is 368 g/mol. The summed E-state index contributed by atoms with van der Waals surface area (Å²) >= 11 is 3.47. The molecule has 0 N–H and O–H groups in total. The summed E-state index contributed by atoms with van der Waals surface area (Å²) in [5.74, 6) is 0.598. The molecule has 0 saturated carbocycles. The van der Waals surface area contributed by atoms with E-state index in [1.165, 1.54) is 15.3 Å².